The fourth-order valence-electron chi connectivity index (χ4n) is 1.79. The van der Waals surface area contributed by atoms with E-state index in [1.165, 1.54) is 0 Å². The van der Waals surface area contributed by atoms with E-state index in [0.29, 0.717) is 17.1 Å². The van der Waals surface area contributed by atoms with Crippen LogP contribution in [0.2, 0.25) is 0 Å². The zero-order valence-electron chi connectivity index (χ0n) is 10.7. The number of nitrogen functional groups attached to an aromatic ring is 1. The van der Waals surface area contributed by atoms with Crippen LogP contribution in [0.5, 0.6) is 0 Å². The van der Waals surface area contributed by atoms with Gasteiger partial charge in [0.25, 0.3) is 5.91 Å². The normalized spacial score (nSPS) is 10.3. The number of halogens is 1. The molecule has 0 atom stereocenters. The molecule has 0 saturated carbocycles. The number of anilines is 2. The van der Waals surface area contributed by atoms with Crippen LogP contribution in [0, 0.1) is 13.8 Å². The lowest BCUT2D eigenvalue weighted by Gasteiger charge is -2.08. The molecule has 0 saturated heterocycles. The Bertz CT molecular complexity index is 620. The van der Waals surface area contributed by atoms with Crippen LogP contribution in [0.1, 0.15) is 21.5 Å². The Kier molecular flexibility index (Phi) is 3.85. The molecule has 4 nitrogen and oxygen atoms in total. The molecule has 2 aromatic rings. The predicted octanol–water partition coefficient (Wildman–Crippen LogP) is 3.30. The second-order valence-electron chi connectivity index (χ2n) is 4.41. The lowest BCUT2D eigenvalue weighted by atomic mass is 10.1. The average Bonchev–Trinajstić information content (AvgIpc) is 2.31. The summed E-state index contributed by atoms with van der Waals surface area (Å²) in [5.41, 5.74) is 8.68. The van der Waals surface area contributed by atoms with Crippen molar-refractivity contribution in [1.29, 1.82) is 0 Å². The Hall–Kier alpha value is -1.88. The Labute approximate surface area is 120 Å². The maximum atomic E-state index is 12.1. The number of aromatic nitrogens is 1. The van der Waals surface area contributed by atoms with Gasteiger partial charge in [0.2, 0.25) is 0 Å². The van der Waals surface area contributed by atoms with E-state index < -0.39 is 0 Å². The summed E-state index contributed by atoms with van der Waals surface area (Å²) in [6, 6.07) is 7.16. The third-order valence-corrected chi connectivity index (χ3v) is 3.07. The summed E-state index contributed by atoms with van der Waals surface area (Å²) in [5.74, 6) is 0.335. The topological polar surface area (TPSA) is 68.0 Å². The van der Waals surface area contributed by atoms with Gasteiger partial charge in [-0.15, -0.1) is 0 Å². The lowest BCUT2D eigenvalue weighted by molar-refractivity contribution is 0.102. The molecule has 0 fully saturated rings. The Morgan fingerprint density at radius 3 is 2.63 bits per heavy atom. The highest BCUT2D eigenvalue weighted by molar-refractivity contribution is 9.10. The van der Waals surface area contributed by atoms with Crippen molar-refractivity contribution in [3.63, 3.8) is 0 Å². The molecular weight excluding hydrogens is 306 g/mol. The molecule has 19 heavy (non-hydrogen) atoms. The Balaban J connectivity index is 2.25. The first-order valence-corrected chi connectivity index (χ1v) is 6.55. The molecule has 1 amide bonds. The van der Waals surface area contributed by atoms with Crippen LogP contribution in [-0.2, 0) is 0 Å². The molecule has 0 radical (unpaired) electrons. The molecular formula is C14H14BrN3O. The number of amides is 1. The van der Waals surface area contributed by atoms with E-state index in [4.69, 9.17) is 5.73 Å². The maximum absolute atomic E-state index is 12.1. The molecule has 1 aromatic heterocycles. The van der Waals surface area contributed by atoms with Gasteiger partial charge in [0.15, 0.2) is 0 Å². The van der Waals surface area contributed by atoms with E-state index in [1.807, 2.05) is 26.0 Å². The van der Waals surface area contributed by atoms with Crippen molar-refractivity contribution >= 4 is 33.3 Å². The summed E-state index contributed by atoms with van der Waals surface area (Å²) in [6.45, 7) is 3.79. The number of pyridine rings is 1. The van der Waals surface area contributed by atoms with E-state index in [0.717, 1.165) is 15.6 Å². The van der Waals surface area contributed by atoms with E-state index in [2.05, 4.69) is 26.2 Å². The smallest absolute Gasteiger partial charge is 0.256 e. The van der Waals surface area contributed by atoms with Crippen molar-refractivity contribution in [1.82, 2.24) is 4.98 Å². The van der Waals surface area contributed by atoms with Gasteiger partial charge in [-0.25, -0.2) is 4.98 Å². The molecule has 0 aliphatic carbocycles. The number of carbonyl (C=O) groups is 1. The van der Waals surface area contributed by atoms with Crippen molar-refractivity contribution in [2.45, 2.75) is 13.8 Å². The third-order valence-electron chi connectivity index (χ3n) is 2.64. The zero-order valence-corrected chi connectivity index (χ0v) is 12.3. The van der Waals surface area contributed by atoms with Crippen molar-refractivity contribution < 1.29 is 4.79 Å². The van der Waals surface area contributed by atoms with Crippen LogP contribution in [-0.4, -0.2) is 10.9 Å². The first kappa shape index (κ1) is 13.5. The highest BCUT2D eigenvalue weighted by atomic mass is 79.9. The summed E-state index contributed by atoms with van der Waals surface area (Å²) < 4.78 is 0.878. The van der Waals surface area contributed by atoms with Crippen LogP contribution in [0.4, 0.5) is 11.5 Å². The highest BCUT2D eigenvalue weighted by Gasteiger charge is 2.10. The van der Waals surface area contributed by atoms with E-state index in [-0.39, 0.29) is 5.91 Å². The monoisotopic (exact) mass is 319 g/mol. The molecule has 2 rings (SSSR count). The van der Waals surface area contributed by atoms with Crippen molar-refractivity contribution in [3.05, 3.63) is 51.6 Å². The lowest BCUT2D eigenvalue weighted by Crippen LogP contribution is -2.14. The summed E-state index contributed by atoms with van der Waals surface area (Å²) >= 11 is 3.33. The first-order chi connectivity index (χ1) is 8.95. The van der Waals surface area contributed by atoms with Crippen molar-refractivity contribution in [2.24, 2.45) is 0 Å². The first-order valence-electron chi connectivity index (χ1n) is 5.76. The standard InChI is InChI=1S/C14H14BrN3O/c1-8-3-10(6-12(16)4-8)14(19)18-13-9(2)5-11(15)7-17-13/h3-7H,16H2,1-2H3,(H,17,18,19). The summed E-state index contributed by atoms with van der Waals surface area (Å²) in [6.07, 6.45) is 1.65. The minimum absolute atomic E-state index is 0.215. The number of rotatable bonds is 2. The molecule has 0 unspecified atom stereocenters. The Morgan fingerprint density at radius 1 is 1.26 bits per heavy atom. The Morgan fingerprint density at radius 2 is 2.00 bits per heavy atom. The van der Waals surface area contributed by atoms with Gasteiger partial charge in [0.1, 0.15) is 5.82 Å². The second-order valence-corrected chi connectivity index (χ2v) is 5.32. The number of nitrogens with one attached hydrogen (secondary N) is 1. The van der Waals surface area contributed by atoms with Crippen LogP contribution >= 0.6 is 15.9 Å². The molecule has 0 spiro atoms. The van der Waals surface area contributed by atoms with Crippen LogP contribution in [0.3, 0.4) is 0 Å². The fraction of sp³-hybridized carbons (Fsp3) is 0.143. The fourth-order valence-corrected chi connectivity index (χ4v) is 2.24. The SMILES string of the molecule is Cc1cc(N)cc(C(=O)Nc2ncc(Br)cc2C)c1. The van der Waals surface area contributed by atoms with Gasteiger partial charge < -0.3 is 11.1 Å². The van der Waals surface area contributed by atoms with Crippen LogP contribution in [0.15, 0.2) is 34.9 Å². The summed E-state index contributed by atoms with van der Waals surface area (Å²) in [5, 5.41) is 2.78. The largest absolute Gasteiger partial charge is 0.399 e. The number of hydrogen-bond donors (Lipinski definition) is 2. The molecule has 3 N–H and O–H groups in total. The molecule has 5 heteroatoms. The van der Waals surface area contributed by atoms with Crippen LogP contribution in [0.25, 0.3) is 0 Å². The number of hydrogen-bond acceptors (Lipinski definition) is 3. The summed E-state index contributed by atoms with van der Waals surface area (Å²) in [7, 11) is 0. The number of carbonyl (C=O) groups excluding carboxylic acids is 1. The third kappa shape index (κ3) is 3.32. The molecule has 0 aliphatic rings. The number of benzene rings is 1. The van der Waals surface area contributed by atoms with Gasteiger partial charge in [-0.2, -0.15) is 0 Å². The van der Waals surface area contributed by atoms with Crippen molar-refractivity contribution in [3.8, 4) is 0 Å². The second kappa shape index (κ2) is 5.40. The van der Waals surface area contributed by atoms with Crippen molar-refractivity contribution in [2.75, 3.05) is 11.1 Å². The van der Waals surface area contributed by atoms with Gasteiger partial charge in [-0.3, -0.25) is 4.79 Å². The van der Waals surface area contributed by atoms with E-state index in [1.54, 1.807) is 18.3 Å². The molecule has 1 aromatic carbocycles. The molecule has 1 heterocycles. The van der Waals surface area contributed by atoms with Gasteiger partial charge >= 0.3 is 0 Å². The van der Waals surface area contributed by atoms with Gasteiger partial charge in [-0.05, 0) is 65.2 Å². The maximum Gasteiger partial charge on any atom is 0.256 e. The minimum atomic E-state index is -0.215. The minimum Gasteiger partial charge on any atom is -0.399 e. The average molecular weight is 320 g/mol. The van der Waals surface area contributed by atoms with E-state index >= 15 is 0 Å². The molecule has 0 bridgehead atoms. The number of nitrogens with two attached hydrogens (primary N) is 1. The molecule has 0 aliphatic heterocycles. The van der Waals surface area contributed by atoms with Gasteiger partial charge in [-0.1, -0.05) is 0 Å². The number of nitrogens with zero attached hydrogens (tertiary/aromatic N) is 1. The zero-order chi connectivity index (χ0) is 14.0. The highest BCUT2D eigenvalue weighted by Crippen LogP contribution is 2.18. The van der Waals surface area contributed by atoms with E-state index in [9.17, 15) is 4.79 Å². The van der Waals surface area contributed by atoms with Gasteiger partial charge in [0.05, 0.1) is 0 Å². The molecule has 98 valence electrons. The predicted molar refractivity (Wildman–Crippen MR) is 80.2 cm³/mol. The quantitative estimate of drug-likeness (QED) is 0.834. The number of aryl methyl sites for hydroxylation is 2. The van der Waals surface area contributed by atoms with Crippen LogP contribution < -0.4 is 11.1 Å². The summed E-state index contributed by atoms with van der Waals surface area (Å²) in [4.78, 5) is 16.3. The van der Waals surface area contributed by atoms with Gasteiger partial charge in [0, 0.05) is 21.9 Å².